The van der Waals surface area contributed by atoms with Gasteiger partial charge in [0, 0.05) is 0 Å². The molecule has 0 atom stereocenters. The van der Waals surface area contributed by atoms with Crippen LogP contribution in [-0.4, -0.2) is 19.1 Å². The van der Waals surface area contributed by atoms with Crippen molar-refractivity contribution in [3.05, 3.63) is 59.7 Å². The van der Waals surface area contributed by atoms with E-state index in [4.69, 9.17) is 10.5 Å². The van der Waals surface area contributed by atoms with Gasteiger partial charge < -0.3 is 15.8 Å². The Hall–Kier alpha value is -2.49. The molecule has 0 aliphatic rings. The summed E-state index contributed by atoms with van der Waals surface area (Å²) in [7, 11) is 0. The lowest BCUT2D eigenvalue weighted by Gasteiger charge is -2.09. The molecule has 0 fully saturated rings. The van der Waals surface area contributed by atoms with Gasteiger partial charge in [0.2, 0.25) is 5.91 Å². The highest BCUT2D eigenvalue weighted by Crippen LogP contribution is 2.19. The highest BCUT2D eigenvalue weighted by molar-refractivity contribution is 5.78. The summed E-state index contributed by atoms with van der Waals surface area (Å²) in [5, 5.41) is 2.83. The lowest BCUT2D eigenvalue weighted by Crippen LogP contribution is -2.29. The van der Waals surface area contributed by atoms with Crippen LogP contribution >= 0.6 is 0 Å². The fourth-order valence-electron chi connectivity index (χ4n) is 1.92. The third kappa shape index (κ3) is 4.84. The minimum atomic E-state index is -0.0107. The zero-order valence-electron chi connectivity index (χ0n) is 12.1. The average molecular weight is 284 g/mol. The fourth-order valence-corrected chi connectivity index (χ4v) is 1.92. The Morgan fingerprint density at radius 2 is 1.86 bits per heavy atom. The normalized spacial score (nSPS) is 10.1. The van der Waals surface area contributed by atoms with Crippen molar-refractivity contribution in [2.75, 3.05) is 18.9 Å². The first-order chi connectivity index (χ1) is 10.1. The van der Waals surface area contributed by atoms with E-state index in [1.165, 1.54) is 5.56 Å². The maximum Gasteiger partial charge on any atom is 0.224 e. The van der Waals surface area contributed by atoms with Crippen molar-refractivity contribution in [1.82, 2.24) is 5.32 Å². The van der Waals surface area contributed by atoms with Gasteiger partial charge in [-0.15, -0.1) is 0 Å². The third-order valence-corrected chi connectivity index (χ3v) is 3.09. The number of nitrogens with one attached hydrogen (secondary N) is 1. The monoisotopic (exact) mass is 284 g/mol. The van der Waals surface area contributed by atoms with Crippen LogP contribution in [0.5, 0.6) is 5.75 Å². The number of nitrogens with two attached hydrogens (primary N) is 1. The van der Waals surface area contributed by atoms with Gasteiger partial charge >= 0.3 is 0 Å². The Labute approximate surface area is 124 Å². The minimum Gasteiger partial charge on any atom is -0.490 e. The van der Waals surface area contributed by atoms with E-state index in [-0.39, 0.29) is 5.91 Å². The lowest BCUT2D eigenvalue weighted by atomic mass is 10.1. The maximum atomic E-state index is 11.8. The summed E-state index contributed by atoms with van der Waals surface area (Å²) in [6.07, 6.45) is 0.383. The molecule has 0 aliphatic carbocycles. The Balaban J connectivity index is 1.70. The summed E-state index contributed by atoms with van der Waals surface area (Å²) < 4.78 is 5.51. The van der Waals surface area contributed by atoms with Gasteiger partial charge in [-0.2, -0.15) is 0 Å². The van der Waals surface area contributed by atoms with Crippen molar-refractivity contribution in [2.45, 2.75) is 13.3 Å². The van der Waals surface area contributed by atoms with Crippen LogP contribution in [0.3, 0.4) is 0 Å². The SMILES string of the molecule is Cc1ccc(CC(=O)NCCOc2ccccc2N)cc1. The van der Waals surface area contributed by atoms with Crippen molar-refractivity contribution in [2.24, 2.45) is 0 Å². The number of benzene rings is 2. The highest BCUT2D eigenvalue weighted by atomic mass is 16.5. The van der Waals surface area contributed by atoms with Crippen molar-refractivity contribution in [3.8, 4) is 5.75 Å². The molecule has 110 valence electrons. The molecule has 0 saturated heterocycles. The molecule has 0 heterocycles. The molecule has 3 N–H and O–H groups in total. The number of para-hydroxylation sites is 2. The predicted octanol–water partition coefficient (Wildman–Crippen LogP) is 2.31. The molecule has 0 saturated carbocycles. The predicted molar refractivity (Wildman–Crippen MR) is 84.2 cm³/mol. The molecule has 21 heavy (non-hydrogen) atoms. The number of rotatable bonds is 6. The fraction of sp³-hybridized carbons (Fsp3) is 0.235. The molecule has 2 aromatic rings. The first kappa shape index (κ1) is 14.9. The van der Waals surface area contributed by atoms with Gasteiger partial charge in [-0.25, -0.2) is 0 Å². The summed E-state index contributed by atoms with van der Waals surface area (Å²) in [4.78, 5) is 11.8. The molecule has 4 nitrogen and oxygen atoms in total. The van der Waals surface area contributed by atoms with Gasteiger partial charge in [-0.3, -0.25) is 4.79 Å². The second kappa shape index (κ2) is 7.33. The number of amides is 1. The smallest absolute Gasteiger partial charge is 0.224 e. The van der Waals surface area contributed by atoms with Crippen molar-refractivity contribution >= 4 is 11.6 Å². The van der Waals surface area contributed by atoms with E-state index in [0.29, 0.717) is 31.0 Å². The van der Waals surface area contributed by atoms with Gasteiger partial charge in [0.15, 0.2) is 0 Å². The quantitative estimate of drug-likeness (QED) is 0.632. The average Bonchev–Trinajstić information content (AvgIpc) is 2.48. The topological polar surface area (TPSA) is 64.3 Å². The van der Waals surface area contributed by atoms with Gasteiger partial charge in [0.1, 0.15) is 12.4 Å². The molecule has 0 bridgehead atoms. The Kier molecular flexibility index (Phi) is 5.21. The van der Waals surface area contributed by atoms with Crippen LogP contribution in [0.2, 0.25) is 0 Å². The molecule has 0 aromatic heterocycles. The Morgan fingerprint density at radius 3 is 2.57 bits per heavy atom. The number of carbonyl (C=O) groups is 1. The van der Waals surface area contributed by atoms with Crippen LogP contribution in [0, 0.1) is 6.92 Å². The number of aryl methyl sites for hydroxylation is 1. The molecular formula is C17H20N2O2. The van der Waals surface area contributed by atoms with E-state index in [1.807, 2.05) is 49.4 Å². The second-order valence-corrected chi connectivity index (χ2v) is 4.90. The Bertz CT molecular complexity index is 594. The molecule has 0 aliphatic heterocycles. The van der Waals surface area contributed by atoms with Crippen LogP contribution in [0.25, 0.3) is 0 Å². The largest absolute Gasteiger partial charge is 0.490 e. The molecule has 4 heteroatoms. The first-order valence-corrected chi connectivity index (χ1v) is 6.94. The number of hydrogen-bond acceptors (Lipinski definition) is 3. The maximum absolute atomic E-state index is 11.8. The first-order valence-electron chi connectivity index (χ1n) is 6.94. The van der Waals surface area contributed by atoms with Gasteiger partial charge in [0.25, 0.3) is 0 Å². The second-order valence-electron chi connectivity index (χ2n) is 4.90. The summed E-state index contributed by atoms with van der Waals surface area (Å²) >= 11 is 0. The van der Waals surface area contributed by atoms with Crippen LogP contribution < -0.4 is 15.8 Å². The van der Waals surface area contributed by atoms with Crippen LogP contribution in [0.4, 0.5) is 5.69 Å². The van der Waals surface area contributed by atoms with E-state index in [9.17, 15) is 4.79 Å². The zero-order chi connectivity index (χ0) is 15.1. The number of hydrogen-bond donors (Lipinski definition) is 2. The van der Waals surface area contributed by atoms with Gasteiger partial charge in [-0.1, -0.05) is 42.0 Å². The highest BCUT2D eigenvalue weighted by Gasteiger charge is 2.03. The van der Waals surface area contributed by atoms with E-state index in [1.54, 1.807) is 6.07 Å². The lowest BCUT2D eigenvalue weighted by molar-refractivity contribution is -0.120. The molecule has 0 spiro atoms. The number of nitrogen functional groups attached to an aromatic ring is 1. The summed E-state index contributed by atoms with van der Waals surface area (Å²) in [6.45, 7) is 2.88. The van der Waals surface area contributed by atoms with Crippen molar-refractivity contribution in [1.29, 1.82) is 0 Å². The van der Waals surface area contributed by atoms with Gasteiger partial charge in [0.05, 0.1) is 18.7 Å². The van der Waals surface area contributed by atoms with Crippen molar-refractivity contribution in [3.63, 3.8) is 0 Å². The van der Waals surface area contributed by atoms with Crippen LogP contribution in [0.1, 0.15) is 11.1 Å². The molecule has 1 amide bonds. The van der Waals surface area contributed by atoms with Crippen LogP contribution in [-0.2, 0) is 11.2 Å². The van der Waals surface area contributed by atoms with E-state index in [0.717, 1.165) is 5.56 Å². The summed E-state index contributed by atoms with van der Waals surface area (Å²) in [5.41, 5.74) is 8.56. The third-order valence-electron chi connectivity index (χ3n) is 3.09. The Morgan fingerprint density at radius 1 is 1.14 bits per heavy atom. The molecular weight excluding hydrogens is 264 g/mol. The molecule has 2 rings (SSSR count). The molecule has 0 unspecified atom stereocenters. The van der Waals surface area contributed by atoms with E-state index < -0.39 is 0 Å². The van der Waals surface area contributed by atoms with Crippen LogP contribution in [0.15, 0.2) is 48.5 Å². The number of anilines is 1. The molecule has 0 radical (unpaired) electrons. The summed E-state index contributed by atoms with van der Waals surface area (Å²) in [5.74, 6) is 0.633. The molecule has 2 aromatic carbocycles. The minimum absolute atomic E-state index is 0.0107. The standard InChI is InChI=1S/C17H20N2O2/c1-13-6-8-14(9-7-13)12-17(20)19-10-11-21-16-5-3-2-4-15(16)18/h2-9H,10-12,18H2,1H3,(H,19,20). The number of carbonyl (C=O) groups excluding carboxylic acids is 1. The van der Waals surface area contributed by atoms with Crippen molar-refractivity contribution < 1.29 is 9.53 Å². The van der Waals surface area contributed by atoms with E-state index in [2.05, 4.69) is 5.32 Å². The summed E-state index contributed by atoms with van der Waals surface area (Å²) in [6, 6.07) is 15.3. The number of ether oxygens (including phenoxy) is 1. The zero-order valence-corrected chi connectivity index (χ0v) is 12.1. The van der Waals surface area contributed by atoms with Gasteiger partial charge in [-0.05, 0) is 24.6 Å². The van der Waals surface area contributed by atoms with E-state index >= 15 is 0 Å².